The Bertz CT molecular complexity index is 499. The number of hydrogen-bond acceptors (Lipinski definition) is 3. The number of carboxylic acids is 1. The van der Waals surface area contributed by atoms with Crippen LogP contribution < -0.4 is 10.1 Å². The van der Waals surface area contributed by atoms with Crippen molar-refractivity contribution in [3.63, 3.8) is 0 Å². The van der Waals surface area contributed by atoms with Crippen LogP contribution in [0, 0.1) is 0 Å². The van der Waals surface area contributed by atoms with E-state index in [4.69, 9.17) is 9.84 Å². The molecule has 1 fully saturated rings. The van der Waals surface area contributed by atoms with Gasteiger partial charge in [0.05, 0.1) is 23.1 Å². The van der Waals surface area contributed by atoms with Crippen molar-refractivity contribution < 1.29 is 19.4 Å². The van der Waals surface area contributed by atoms with Gasteiger partial charge in [-0.1, -0.05) is 0 Å². The molecule has 0 unspecified atom stereocenters. The number of aromatic carboxylic acids is 1. The van der Waals surface area contributed by atoms with Gasteiger partial charge in [0.25, 0.3) is 0 Å². The van der Waals surface area contributed by atoms with Crippen LogP contribution in [-0.2, 0) is 4.79 Å². The second-order valence-corrected chi connectivity index (χ2v) is 5.24. The Labute approximate surface area is 119 Å². The summed E-state index contributed by atoms with van der Waals surface area (Å²) in [4.78, 5) is 22.3. The van der Waals surface area contributed by atoms with Crippen LogP contribution in [0.1, 0.15) is 29.6 Å². The molecule has 0 radical (unpaired) electrons. The predicted octanol–water partition coefficient (Wildman–Crippen LogP) is 2.19. The van der Waals surface area contributed by atoms with E-state index in [1.54, 1.807) is 6.07 Å². The molecular formula is C13H14BrNO4. The molecule has 102 valence electrons. The van der Waals surface area contributed by atoms with Gasteiger partial charge in [-0.25, -0.2) is 4.79 Å². The summed E-state index contributed by atoms with van der Waals surface area (Å²) in [6.45, 7) is 0.222. The molecule has 19 heavy (non-hydrogen) atoms. The SMILES string of the molecule is O=C(CCOc1cc(C(=O)O)ccc1Br)NC1CC1. The average Bonchev–Trinajstić information content (AvgIpc) is 3.15. The van der Waals surface area contributed by atoms with Crippen molar-refractivity contribution in [1.29, 1.82) is 0 Å². The Morgan fingerprint density at radius 1 is 1.42 bits per heavy atom. The minimum atomic E-state index is -1.01. The lowest BCUT2D eigenvalue weighted by atomic mass is 10.2. The van der Waals surface area contributed by atoms with E-state index < -0.39 is 5.97 Å². The molecule has 0 saturated heterocycles. The van der Waals surface area contributed by atoms with Crippen molar-refractivity contribution in [3.05, 3.63) is 28.2 Å². The molecule has 1 saturated carbocycles. The highest BCUT2D eigenvalue weighted by Gasteiger charge is 2.22. The van der Waals surface area contributed by atoms with Crippen molar-refractivity contribution in [2.45, 2.75) is 25.3 Å². The highest BCUT2D eigenvalue weighted by Crippen LogP contribution is 2.26. The van der Waals surface area contributed by atoms with Crippen LogP contribution in [0.25, 0.3) is 0 Å². The first kappa shape index (κ1) is 13.9. The van der Waals surface area contributed by atoms with Gasteiger partial charge >= 0.3 is 5.97 Å². The maximum absolute atomic E-state index is 11.4. The highest BCUT2D eigenvalue weighted by molar-refractivity contribution is 9.10. The summed E-state index contributed by atoms with van der Waals surface area (Å²) in [7, 11) is 0. The molecule has 0 bridgehead atoms. The Balaban J connectivity index is 1.85. The second-order valence-electron chi connectivity index (χ2n) is 4.39. The van der Waals surface area contributed by atoms with E-state index in [1.165, 1.54) is 12.1 Å². The van der Waals surface area contributed by atoms with Crippen molar-refractivity contribution in [2.75, 3.05) is 6.61 Å². The molecule has 2 rings (SSSR count). The Morgan fingerprint density at radius 3 is 2.79 bits per heavy atom. The summed E-state index contributed by atoms with van der Waals surface area (Å²) < 4.78 is 6.10. The fourth-order valence-corrected chi connectivity index (χ4v) is 1.89. The first-order valence-electron chi connectivity index (χ1n) is 6.01. The molecular weight excluding hydrogens is 314 g/mol. The van der Waals surface area contributed by atoms with Gasteiger partial charge in [-0.3, -0.25) is 4.79 Å². The topological polar surface area (TPSA) is 75.6 Å². The van der Waals surface area contributed by atoms with Gasteiger partial charge in [0.15, 0.2) is 0 Å². The number of carbonyl (C=O) groups excluding carboxylic acids is 1. The van der Waals surface area contributed by atoms with Crippen LogP contribution in [0.15, 0.2) is 22.7 Å². The predicted molar refractivity (Wildman–Crippen MR) is 72.4 cm³/mol. The van der Waals surface area contributed by atoms with Crippen LogP contribution in [0.5, 0.6) is 5.75 Å². The third-order valence-electron chi connectivity index (χ3n) is 2.71. The molecule has 1 aliphatic carbocycles. The van der Waals surface area contributed by atoms with Crippen molar-refractivity contribution in [3.8, 4) is 5.75 Å². The second kappa shape index (κ2) is 6.06. The lowest BCUT2D eigenvalue weighted by Gasteiger charge is -2.09. The van der Waals surface area contributed by atoms with E-state index in [0.717, 1.165) is 12.8 Å². The molecule has 1 aromatic carbocycles. The maximum Gasteiger partial charge on any atom is 0.335 e. The minimum absolute atomic E-state index is 0.0342. The zero-order chi connectivity index (χ0) is 13.8. The van der Waals surface area contributed by atoms with Gasteiger partial charge in [-0.05, 0) is 47.0 Å². The van der Waals surface area contributed by atoms with E-state index in [1.807, 2.05) is 0 Å². The summed E-state index contributed by atoms with van der Waals surface area (Å²) in [6.07, 6.45) is 2.37. The highest BCUT2D eigenvalue weighted by atomic mass is 79.9. The lowest BCUT2D eigenvalue weighted by Crippen LogP contribution is -2.26. The Kier molecular flexibility index (Phi) is 4.42. The molecule has 2 N–H and O–H groups in total. The van der Waals surface area contributed by atoms with Gasteiger partial charge in [-0.2, -0.15) is 0 Å². The van der Waals surface area contributed by atoms with Crippen molar-refractivity contribution >= 4 is 27.8 Å². The number of hydrogen-bond donors (Lipinski definition) is 2. The monoisotopic (exact) mass is 327 g/mol. The van der Waals surface area contributed by atoms with E-state index >= 15 is 0 Å². The number of halogens is 1. The van der Waals surface area contributed by atoms with Gasteiger partial charge in [0.2, 0.25) is 5.91 Å². The number of carboxylic acid groups (broad SMARTS) is 1. The molecule has 6 heteroatoms. The number of amides is 1. The lowest BCUT2D eigenvalue weighted by molar-refractivity contribution is -0.121. The number of ether oxygens (including phenoxy) is 1. The van der Waals surface area contributed by atoms with E-state index in [9.17, 15) is 9.59 Å². The fraction of sp³-hybridized carbons (Fsp3) is 0.385. The first-order chi connectivity index (χ1) is 9.06. The molecule has 1 aliphatic rings. The molecule has 5 nitrogen and oxygen atoms in total. The van der Waals surface area contributed by atoms with Gasteiger partial charge in [-0.15, -0.1) is 0 Å². The van der Waals surface area contributed by atoms with Gasteiger partial charge in [0.1, 0.15) is 5.75 Å². The Morgan fingerprint density at radius 2 is 2.16 bits per heavy atom. The number of benzene rings is 1. The number of carbonyl (C=O) groups is 2. The normalized spacial score (nSPS) is 13.9. The molecule has 0 aromatic heterocycles. The molecule has 1 aromatic rings. The summed E-state index contributed by atoms with van der Waals surface area (Å²) >= 11 is 3.28. The van der Waals surface area contributed by atoms with Gasteiger partial charge < -0.3 is 15.2 Å². The summed E-state index contributed by atoms with van der Waals surface area (Å²) in [6, 6.07) is 4.88. The number of rotatable bonds is 6. The largest absolute Gasteiger partial charge is 0.492 e. The third kappa shape index (κ3) is 4.24. The first-order valence-corrected chi connectivity index (χ1v) is 6.80. The van der Waals surface area contributed by atoms with E-state index in [0.29, 0.717) is 16.3 Å². The number of nitrogens with one attached hydrogen (secondary N) is 1. The van der Waals surface area contributed by atoms with Crippen LogP contribution in [0.4, 0.5) is 0 Å². The Hall–Kier alpha value is -1.56. The molecule has 0 spiro atoms. The quantitative estimate of drug-likeness (QED) is 0.839. The minimum Gasteiger partial charge on any atom is -0.492 e. The summed E-state index contributed by atoms with van der Waals surface area (Å²) in [5.74, 6) is -0.615. The standard InChI is InChI=1S/C13H14BrNO4/c14-10-4-1-8(13(17)18)7-11(10)19-6-5-12(16)15-9-2-3-9/h1,4,7,9H,2-3,5-6H2,(H,15,16)(H,17,18). The van der Waals surface area contributed by atoms with Crippen LogP contribution in [0.3, 0.4) is 0 Å². The molecule has 0 heterocycles. The van der Waals surface area contributed by atoms with Crippen molar-refractivity contribution in [2.24, 2.45) is 0 Å². The summed E-state index contributed by atoms with van der Waals surface area (Å²) in [5, 5.41) is 11.7. The van der Waals surface area contributed by atoms with Crippen LogP contribution in [-0.4, -0.2) is 29.6 Å². The smallest absolute Gasteiger partial charge is 0.335 e. The molecule has 1 amide bonds. The fourth-order valence-electron chi connectivity index (χ4n) is 1.53. The zero-order valence-corrected chi connectivity index (χ0v) is 11.8. The molecule has 0 aliphatic heterocycles. The average molecular weight is 328 g/mol. The van der Waals surface area contributed by atoms with Crippen LogP contribution >= 0.6 is 15.9 Å². The zero-order valence-electron chi connectivity index (χ0n) is 10.2. The maximum atomic E-state index is 11.4. The summed E-state index contributed by atoms with van der Waals surface area (Å²) in [5.41, 5.74) is 0.153. The van der Waals surface area contributed by atoms with E-state index in [-0.39, 0.29) is 24.5 Å². The third-order valence-corrected chi connectivity index (χ3v) is 3.36. The van der Waals surface area contributed by atoms with E-state index in [2.05, 4.69) is 21.2 Å². The van der Waals surface area contributed by atoms with Crippen molar-refractivity contribution in [1.82, 2.24) is 5.32 Å². The van der Waals surface area contributed by atoms with Gasteiger partial charge in [0, 0.05) is 6.04 Å². The van der Waals surface area contributed by atoms with Crippen LogP contribution in [0.2, 0.25) is 0 Å². The molecule has 0 atom stereocenters.